The Balaban J connectivity index is 2.07. The summed E-state index contributed by atoms with van der Waals surface area (Å²) in [5.41, 5.74) is 0.116. The first kappa shape index (κ1) is 13.6. The number of likely N-dealkylation sites (N-methyl/N-ethyl adjacent to an activating group) is 1. The summed E-state index contributed by atoms with van der Waals surface area (Å²) in [4.78, 5) is 16.2. The zero-order chi connectivity index (χ0) is 13.3. The van der Waals surface area contributed by atoms with Crippen molar-refractivity contribution < 1.29 is 9.90 Å². The molecule has 100 valence electrons. The van der Waals surface area contributed by atoms with Crippen LogP contribution in [-0.2, 0) is 0 Å². The highest BCUT2D eigenvalue weighted by molar-refractivity contribution is 7.12. The fraction of sp³-hybridized carbons (Fsp3) is 0.643. The highest BCUT2D eigenvalue weighted by atomic mass is 32.1. The standard InChI is InChI=1S/C14H21NO2S/c1-10-8-12(11(2)18-10)13(16)15(3)9-14(17)6-4-5-7-14/h8,17H,4-7,9H2,1-3H3. The molecule has 1 heterocycles. The number of aliphatic hydroxyl groups is 1. The first-order valence-electron chi connectivity index (χ1n) is 6.46. The minimum absolute atomic E-state index is 0.0252. The number of hydrogen-bond donors (Lipinski definition) is 1. The molecule has 1 aliphatic rings. The van der Waals surface area contributed by atoms with Gasteiger partial charge in [0.05, 0.1) is 11.2 Å². The lowest BCUT2D eigenvalue weighted by molar-refractivity contribution is 0.0156. The van der Waals surface area contributed by atoms with Crippen LogP contribution in [0.1, 0.15) is 45.8 Å². The van der Waals surface area contributed by atoms with Gasteiger partial charge in [0.2, 0.25) is 0 Å². The fourth-order valence-corrected chi connectivity index (χ4v) is 3.67. The highest BCUT2D eigenvalue weighted by Crippen LogP contribution is 2.30. The molecule has 1 N–H and O–H groups in total. The van der Waals surface area contributed by atoms with Gasteiger partial charge in [0.1, 0.15) is 0 Å². The third-order valence-corrected chi connectivity index (χ3v) is 4.65. The Kier molecular flexibility index (Phi) is 3.78. The average molecular weight is 267 g/mol. The molecule has 0 bridgehead atoms. The van der Waals surface area contributed by atoms with Gasteiger partial charge in [-0.2, -0.15) is 0 Å². The van der Waals surface area contributed by atoms with Crippen LogP contribution in [0.3, 0.4) is 0 Å². The van der Waals surface area contributed by atoms with Gasteiger partial charge in [0.25, 0.3) is 5.91 Å². The van der Waals surface area contributed by atoms with Gasteiger partial charge in [-0.1, -0.05) is 12.8 Å². The largest absolute Gasteiger partial charge is 0.388 e. The summed E-state index contributed by atoms with van der Waals surface area (Å²) >= 11 is 1.65. The molecule has 0 unspecified atom stereocenters. The third-order valence-electron chi connectivity index (χ3n) is 3.68. The fourth-order valence-electron chi connectivity index (χ4n) is 2.75. The van der Waals surface area contributed by atoms with Crippen LogP contribution in [0.25, 0.3) is 0 Å². The number of carbonyl (C=O) groups excluding carboxylic acids is 1. The second-order valence-corrected chi connectivity index (χ2v) is 6.88. The van der Waals surface area contributed by atoms with E-state index in [0.717, 1.165) is 41.0 Å². The van der Waals surface area contributed by atoms with Crippen LogP contribution < -0.4 is 0 Å². The molecular formula is C14H21NO2S. The van der Waals surface area contributed by atoms with Crippen molar-refractivity contribution >= 4 is 17.2 Å². The Hall–Kier alpha value is -0.870. The van der Waals surface area contributed by atoms with E-state index in [4.69, 9.17) is 0 Å². The van der Waals surface area contributed by atoms with Crippen molar-refractivity contribution in [2.45, 2.75) is 45.1 Å². The van der Waals surface area contributed by atoms with E-state index < -0.39 is 5.60 Å². The molecular weight excluding hydrogens is 246 g/mol. The van der Waals surface area contributed by atoms with E-state index in [1.165, 1.54) is 0 Å². The van der Waals surface area contributed by atoms with E-state index in [2.05, 4.69) is 0 Å². The van der Waals surface area contributed by atoms with Crippen molar-refractivity contribution in [3.05, 3.63) is 21.4 Å². The summed E-state index contributed by atoms with van der Waals surface area (Å²) in [7, 11) is 1.78. The minimum Gasteiger partial charge on any atom is -0.388 e. The third kappa shape index (κ3) is 2.75. The van der Waals surface area contributed by atoms with Crippen molar-refractivity contribution in [2.75, 3.05) is 13.6 Å². The maximum absolute atomic E-state index is 12.3. The lowest BCUT2D eigenvalue weighted by atomic mass is 10.0. The number of hydrogen-bond acceptors (Lipinski definition) is 3. The number of carbonyl (C=O) groups is 1. The molecule has 0 aliphatic heterocycles. The zero-order valence-electron chi connectivity index (χ0n) is 11.3. The number of nitrogens with zero attached hydrogens (tertiary/aromatic N) is 1. The van der Waals surface area contributed by atoms with Gasteiger partial charge in [-0.05, 0) is 32.8 Å². The number of rotatable bonds is 3. The lowest BCUT2D eigenvalue weighted by Gasteiger charge is -2.28. The smallest absolute Gasteiger partial charge is 0.254 e. The molecule has 0 radical (unpaired) electrons. The second-order valence-electron chi connectivity index (χ2n) is 5.42. The SMILES string of the molecule is Cc1cc(C(=O)N(C)CC2(O)CCCC2)c(C)s1. The van der Waals surface area contributed by atoms with Crippen LogP contribution in [0, 0.1) is 13.8 Å². The van der Waals surface area contributed by atoms with E-state index >= 15 is 0 Å². The van der Waals surface area contributed by atoms with Crippen molar-refractivity contribution in [3.63, 3.8) is 0 Å². The predicted molar refractivity (Wildman–Crippen MR) is 74.2 cm³/mol. The Morgan fingerprint density at radius 2 is 2.06 bits per heavy atom. The summed E-state index contributed by atoms with van der Waals surface area (Å²) in [6.07, 6.45) is 3.75. The summed E-state index contributed by atoms with van der Waals surface area (Å²) in [5, 5.41) is 10.3. The average Bonchev–Trinajstić information content (AvgIpc) is 2.84. The van der Waals surface area contributed by atoms with Gasteiger partial charge in [0.15, 0.2) is 0 Å². The molecule has 1 aliphatic carbocycles. The van der Waals surface area contributed by atoms with Crippen molar-refractivity contribution in [1.82, 2.24) is 4.90 Å². The molecule has 1 aromatic heterocycles. The molecule has 2 rings (SSSR count). The van der Waals surface area contributed by atoms with Gasteiger partial charge in [-0.3, -0.25) is 4.79 Å². The van der Waals surface area contributed by atoms with E-state index in [1.807, 2.05) is 19.9 Å². The highest BCUT2D eigenvalue weighted by Gasteiger charge is 2.33. The first-order valence-corrected chi connectivity index (χ1v) is 7.28. The van der Waals surface area contributed by atoms with Crippen molar-refractivity contribution in [2.24, 2.45) is 0 Å². The van der Waals surface area contributed by atoms with Crippen LogP contribution in [-0.4, -0.2) is 35.1 Å². The van der Waals surface area contributed by atoms with Crippen LogP contribution in [0.15, 0.2) is 6.07 Å². The summed E-state index contributed by atoms with van der Waals surface area (Å²) in [6, 6.07) is 1.94. The molecule has 0 aromatic carbocycles. The summed E-state index contributed by atoms with van der Waals surface area (Å²) < 4.78 is 0. The molecule has 18 heavy (non-hydrogen) atoms. The van der Waals surface area contributed by atoms with E-state index in [1.54, 1.807) is 23.3 Å². The van der Waals surface area contributed by atoms with Crippen molar-refractivity contribution in [1.29, 1.82) is 0 Å². The van der Waals surface area contributed by atoms with Crippen molar-refractivity contribution in [3.8, 4) is 0 Å². The number of aryl methyl sites for hydroxylation is 2. The zero-order valence-corrected chi connectivity index (χ0v) is 12.1. The van der Waals surface area contributed by atoms with Gasteiger partial charge < -0.3 is 10.0 Å². The molecule has 1 saturated carbocycles. The molecule has 0 spiro atoms. The van der Waals surface area contributed by atoms with Gasteiger partial charge in [-0.15, -0.1) is 11.3 Å². The van der Waals surface area contributed by atoms with Gasteiger partial charge in [-0.25, -0.2) is 0 Å². The predicted octanol–water partition coefficient (Wildman–Crippen LogP) is 2.74. The quantitative estimate of drug-likeness (QED) is 0.915. The molecule has 0 atom stereocenters. The van der Waals surface area contributed by atoms with Crippen LogP contribution >= 0.6 is 11.3 Å². The maximum atomic E-state index is 12.3. The Labute approximate surface area is 112 Å². The van der Waals surface area contributed by atoms with E-state index in [0.29, 0.717) is 6.54 Å². The molecule has 4 heteroatoms. The van der Waals surface area contributed by atoms with Crippen LogP contribution in [0.4, 0.5) is 0 Å². The Morgan fingerprint density at radius 3 is 2.56 bits per heavy atom. The number of amides is 1. The minimum atomic E-state index is -0.663. The molecule has 1 fully saturated rings. The lowest BCUT2D eigenvalue weighted by Crippen LogP contribution is -2.42. The molecule has 3 nitrogen and oxygen atoms in total. The molecule has 0 saturated heterocycles. The Bertz CT molecular complexity index is 447. The topological polar surface area (TPSA) is 40.5 Å². The molecule has 1 aromatic rings. The normalized spacial score (nSPS) is 18.0. The second kappa shape index (κ2) is 5.02. The first-order chi connectivity index (χ1) is 8.41. The van der Waals surface area contributed by atoms with Gasteiger partial charge >= 0.3 is 0 Å². The van der Waals surface area contributed by atoms with Crippen LogP contribution in [0.5, 0.6) is 0 Å². The summed E-state index contributed by atoms with van der Waals surface area (Å²) in [5.74, 6) is 0.0252. The maximum Gasteiger partial charge on any atom is 0.254 e. The van der Waals surface area contributed by atoms with E-state index in [-0.39, 0.29) is 5.91 Å². The molecule has 1 amide bonds. The number of thiophene rings is 1. The summed E-state index contributed by atoms with van der Waals surface area (Å²) in [6.45, 7) is 4.43. The Morgan fingerprint density at radius 1 is 1.44 bits per heavy atom. The van der Waals surface area contributed by atoms with Gasteiger partial charge in [0, 0.05) is 23.3 Å². The monoisotopic (exact) mass is 267 g/mol. The van der Waals surface area contributed by atoms with E-state index in [9.17, 15) is 9.90 Å². The van der Waals surface area contributed by atoms with Crippen LogP contribution in [0.2, 0.25) is 0 Å².